The molecule has 7 nitrogen and oxygen atoms in total. The SMILES string of the molecule is Cc1nc(S(=O)(=O)N2CCn3c(nc4c3CCCC4)C2)c(-c2ccccc2)o1. The van der Waals surface area contributed by atoms with Gasteiger partial charge in [-0.25, -0.2) is 18.4 Å². The molecule has 0 N–H and O–H groups in total. The number of hydrogen-bond acceptors (Lipinski definition) is 5. The van der Waals surface area contributed by atoms with Gasteiger partial charge in [-0.05, 0) is 25.7 Å². The molecule has 0 fully saturated rings. The van der Waals surface area contributed by atoms with Crippen molar-refractivity contribution in [1.82, 2.24) is 18.8 Å². The molecular formula is C20H22N4O3S. The van der Waals surface area contributed by atoms with Gasteiger partial charge in [-0.1, -0.05) is 30.3 Å². The van der Waals surface area contributed by atoms with E-state index in [1.807, 2.05) is 30.3 Å². The minimum Gasteiger partial charge on any atom is -0.440 e. The van der Waals surface area contributed by atoms with E-state index < -0.39 is 10.0 Å². The first-order valence-electron chi connectivity index (χ1n) is 9.64. The van der Waals surface area contributed by atoms with E-state index in [2.05, 4.69) is 9.55 Å². The molecule has 0 saturated heterocycles. The van der Waals surface area contributed by atoms with Crippen molar-refractivity contribution in [3.63, 3.8) is 0 Å². The lowest BCUT2D eigenvalue weighted by Gasteiger charge is -2.27. The van der Waals surface area contributed by atoms with Crippen LogP contribution in [0.4, 0.5) is 0 Å². The van der Waals surface area contributed by atoms with E-state index in [4.69, 9.17) is 9.40 Å². The summed E-state index contributed by atoms with van der Waals surface area (Å²) < 4.78 is 36.2. The van der Waals surface area contributed by atoms with Crippen molar-refractivity contribution >= 4 is 10.0 Å². The van der Waals surface area contributed by atoms with E-state index in [0.717, 1.165) is 30.8 Å². The molecule has 3 heterocycles. The van der Waals surface area contributed by atoms with Gasteiger partial charge in [0, 0.05) is 31.3 Å². The molecule has 1 aliphatic heterocycles. The lowest BCUT2D eigenvalue weighted by atomic mass is 10.0. The highest BCUT2D eigenvalue weighted by atomic mass is 32.2. The number of nitrogens with zero attached hydrogens (tertiary/aromatic N) is 4. The molecule has 5 rings (SSSR count). The Bertz CT molecular complexity index is 1130. The number of aromatic nitrogens is 3. The van der Waals surface area contributed by atoms with Crippen LogP contribution in [0, 0.1) is 6.92 Å². The predicted octanol–water partition coefficient (Wildman–Crippen LogP) is 2.93. The lowest BCUT2D eigenvalue weighted by molar-refractivity contribution is 0.330. The number of benzene rings is 1. The van der Waals surface area contributed by atoms with Gasteiger partial charge in [-0.2, -0.15) is 4.31 Å². The Kier molecular flexibility index (Phi) is 4.13. The molecule has 0 unspecified atom stereocenters. The number of sulfonamides is 1. The van der Waals surface area contributed by atoms with E-state index in [0.29, 0.717) is 30.3 Å². The Morgan fingerprint density at radius 3 is 2.64 bits per heavy atom. The Hall–Kier alpha value is -2.45. The fraction of sp³-hybridized carbons (Fsp3) is 0.400. The summed E-state index contributed by atoms with van der Waals surface area (Å²) in [5.74, 6) is 1.47. The topological polar surface area (TPSA) is 81.2 Å². The second kappa shape index (κ2) is 6.56. The van der Waals surface area contributed by atoms with Crippen molar-refractivity contribution in [2.75, 3.05) is 6.54 Å². The van der Waals surface area contributed by atoms with Gasteiger partial charge in [0.15, 0.2) is 11.7 Å². The molecule has 0 saturated carbocycles. The van der Waals surface area contributed by atoms with Crippen molar-refractivity contribution in [1.29, 1.82) is 0 Å². The van der Waals surface area contributed by atoms with E-state index >= 15 is 0 Å². The average Bonchev–Trinajstić information content (AvgIpc) is 3.29. The third-order valence-corrected chi connectivity index (χ3v) is 7.28. The Labute approximate surface area is 164 Å². The summed E-state index contributed by atoms with van der Waals surface area (Å²) in [6.45, 7) is 2.99. The molecule has 2 aliphatic rings. The van der Waals surface area contributed by atoms with Crippen LogP contribution < -0.4 is 0 Å². The summed E-state index contributed by atoms with van der Waals surface area (Å²) >= 11 is 0. The molecule has 0 amide bonds. The standard InChI is InChI=1S/C20H22N4O3S/c1-14-21-20(19(27-14)15-7-3-2-4-8-15)28(25,26)23-11-12-24-17-10-6-5-9-16(17)22-18(24)13-23/h2-4,7-8H,5-6,9-13H2,1H3. The van der Waals surface area contributed by atoms with Crippen molar-refractivity contribution < 1.29 is 12.8 Å². The molecule has 1 aromatic carbocycles. The Morgan fingerprint density at radius 1 is 1.04 bits per heavy atom. The summed E-state index contributed by atoms with van der Waals surface area (Å²) in [5.41, 5.74) is 3.14. The molecule has 1 aliphatic carbocycles. The highest BCUT2D eigenvalue weighted by molar-refractivity contribution is 7.89. The fourth-order valence-corrected chi connectivity index (χ4v) is 5.66. The maximum atomic E-state index is 13.4. The number of imidazole rings is 1. The summed E-state index contributed by atoms with van der Waals surface area (Å²) in [4.78, 5) is 8.98. The predicted molar refractivity (Wildman–Crippen MR) is 103 cm³/mol. The van der Waals surface area contributed by atoms with Crippen LogP contribution in [0.3, 0.4) is 0 Å². The van der Waals surface area contributed by atoms with Crippen molar-refractivity contribution in [3.8, 4) is 11.3 Å². The van der Waals surface area contributed by atoms with Crippen LogP contribution in [-0.4, -0.2) is 33.8 Å². The molecule has 8 heteroatoms. The first-order valence-corrected chi connectivity index (χ1v) is 11.1. The normalized spacial score (nSPS) is 17.3. The number of oxazole rings is 1. The number of hydrogen-bond donors (Lipinski definition) is 0. The van der Waals surface area contributed by atoms with Crippen LogP contribution in [-0.2, 0) is 36.0 Å². The second-order valence-electron chi connectivity index (χ2n) is 7.35. The molecule has 2 aromatic heterocycles. The molecule has 28 heavy (non-hydrogen) atoms. The van der Waals surface area contributed by atoms with Gasteiger partial charge < -0.3 is 8.98 Å². The number of fused-ring (bicyclic) bond motifs is 3. The third kappa shape index (κ3) is 2.79. The fourth-order valence-electron chi connectivity index (χ4n) is 4.17. The van der Waals surface area contributed by atoms with Gasteiger partial charge in [0.25, 0.3) is 10.0 Å². The van der Waals surface area contributed by atoms with Crippen LogP contribution >= 0.6 is 0 Å². The summed E-state index contributed by atoms with van der Waals surface area (Å²) in [5, 5.41) is -0.0130. The van der Waals surface area contributed by atoms with Gasteiger partial charge in [0.1, 0.15) is 5.82 Å². The molecule has 0 bridgehead atoms. The zero-order chi connectivity index (χ0) is 19.3. The van der Waals surface area contributed by atoms with Crippen molar-refractivity contribution in [3.05, 3.63) is 53.4 Å². The van der Waals surface area contributed by atoms with Crippen molar-refractivity contribution in [2.24, 2.45) is 0 Å². The van der Waals surface area contributed by atoms with Gasteiger partial charge in [0.05, 0.1) is 12.2 Å². The minimum absolute atomic E-state index is 0.0130. The first kappa shape index (κ1) is 17.6. The molecule has 0 atom stereocenters. The summed E-state index contributed by atoms with van der Waals surface area (Å²) in [6.07, 6.45) is 4.36. The Morgan fingerprint density at radius 2 is 1.82 bits per heavy atom. The minimum atomic E-state index is -3.79. The largest absolute Gasteiger partial charge is 0.440 e. The smallest absolute Gasteiger partial charge is 0.264 e. The summed E-state index contributed by atoms with van der Waals surface area (Å²) in [7, 11) is -3.79. The molecule has 0 radical (unpaired) electrons. The molecular weight excluding hydrogens is 376 g/mol. The number of rotatable bonds is 3. The van der Waals surface area contributed by atoms with E-state index in [-0.39, 0.29) is 11.6 Å². The van der Waals surface area contributed by atoms with Crippen LogP contribution in [0.1, 0.15) is 35.9 Å². The van der Waals surface area contributed by atoms with Gasteiger partial charge >= 0.3 is 0 Å². The number of aryl methyl sites for hydroxylation is 2. The average molecular weight is 398 g/mol. The van der Waals surface area contributed by atoms with Gasteiger partial charge in [-0.3, -0.25) is 0 Å². The maximum Gasteiger partial charge on any atom is 0.264 e. The Balaban J connectivity index is 1.52. The zero-order valence-electron chi connectivity index (χ0n) is 15.8. The first-order chi connectivity index (χ1) is 13.5. The monoisotopic (exact) mass is 398 g/mol. The molecule has 0 spiro atoms. The summed E-state index contributed by atoms with van der Waals surface area (Å²) in [6, 6.07) is 9.25. The van der Waals surface area contributed by atoms with Crippen LogP contribution in [0.2, 0.25) is 0 Å². The molecule has 3 aromatic rings. The highest BCUT2D eigenvalue weighted by Gasteiger charge is 2.36. The third-order valence-electron chi connectivity index (χ3n) is 5.53. The van der Waals surface area contributed by atoms with Gasteiger partial charge in [-0.15, -0.1) is 0 Å². The molecule has 146 valence electrons. The van der Waals surface area contributed by atoms with Crippen molar-refractivity contribution in [2.45, 2.75) is 50.7 Å². The van der Waals surface area contributed by atoms with Gasteiger partial charge in [0.2, 0.25) is 5.03 Å². The van der Waals surface area contributed by atoms with Crippen LogP contribution in [0.15, 0.2) is 39.8 Å². The van der Waals surface area contributed by atoms with E-state index in [1.54, 1.807) is 6.92 Å². The van der Waals surface area contributed by atoms with Crippen LogP contribution in [0.5, 0.6) is 0 Å². The van der Waals surface area contributed by atoms with E-state index in [9.17, 15) is 8.42 Å². The highest BCUT2D eigenvalue weighted by Crippen LogP contribution is 2.32. The second-order valence-corrected chi connectivity index (χ2v) is 9.21. The van der Waals surface area contributed by atoms with Crippen LogP contribution in [0.25, 0.3) is 11.3 Å². The maximum absolute atomic E-state index is 13.4. The quantitative estimate of drug-likeness (QED) is 0.678. The lowest BCUT2D eigenvalue weighted by Crippen LogP contribution is -2.39. The van der Waals surface area contributed by atoms with E-state index in [1.165, 1.54) is 16.4 Å². The zero-order valence-corrected chi connectivity index (χ0v) is 16.6.